The second-order valence-corrected chi connectivity index (χ2v) is 12.4. The molecule has 0 radical (unpaired) electrons. The van der Waals surface area contributed by atoms with Crippen LogP contribution in [0.15, 0.2) is 41.6 Å². The topological polar surface area (TPSA) is 99.0 Å². The minimum Gasteiger partial charge on any atom is -0.365 e. The number of hydrogen-bond acceptors (Lipinski definition) is 5. The molecule has 222 valence electrons. The molecule has 0 spiro atoms. The van der Waals surface area contributed by atoms with Crippen LogP contribution in [0.3, 0.4) is 0 Å². The number of aryl methyl sites for hydroxylation is 2. The number of halogens is 4. The predicted octanol–water partition coefficient (Wildman–Crippen LogP) is 4.94. The van der Waals surface area contributed by atoms with Crippen molar-refractivity contribution >= 4 is 11.6 Å². The van der Waals surface area contributed by atoms with Crippen molar-refractivity contribution in [3.63, 3.8) is 0 Å². The monoisotopic (exact) mass is 576 g/mol. The van der Waals surface area contributed by atoms with E-state index in [2.05, 4.69) is 17.1 Å². The summed E-state index contributed by atoms with van der Waals surface area (Å²) in [5.74, 6) is -0.286. The van der Waals surface area contributed by atoms with Gasteiger partial charge in [-0.25, -0.2) is 4.39 Å². The molecule has 1 aliphatic carbocycles. The van der Waals surface area contributed by atoms with Crippen LogP contribution in [0.4, 0.5) is 23.2 Å². The summed E-state index contributed by atoms with van der Waals surface area (Å²) in [5.41, 5.74) is 4.87. The summed E-state index contributed by atoms with van der Waals surface area (Å²) in [5, 5.41) is 8.43. The van der Waals surface area contributed by atoms with Crippen molar-refractivity contribution in [2.24, 2.45) is 24.1 Å². The lowest BCUT2D eigenvalue weighted by Gasteiger charge is -2.46. The second-order valence-electron chi connectivity index (χ2n) is 12.4. The third kappa shape index (κ3) is 6.62. The van der Waals surface area contributed by atoms with Crippen molar-refractivity contribution in [1.82, 2.24) is 19.3 Å². The Morgan fingerprint density at radius 2 is 1.88 bits per heavy atom. The van der Waals surface area contributed by atoms with Gasteiger partial charge in [0.15, 0.2) is 0 Å². The Balaban J connectivity index is 1.79. The Morgan fingerprint density at radius 3 is 2.41 bits per heavy atom. The lowest BCUT2D eigenvalue weighted by molar-refractivity contribution is -0.136. The first kappa shape index (κ1) is 30.3. The molecule has 1 aromatic carbocycles. The van der Waals surface area contributed by atoms with Crippen LogP contribution in [-0.4, -0.2) is 38.0 Å². The van der Waals surface area contributed by atoms with E-state index in [1.165, 1.54) is 18.3 Å². The van der Waals surface area contributed by atoms with E-state index in [1.807, 2.05) is 32.4 Å². The molecule has 0 bridgehead atoms. The van der Waals surface area contributed by atoms with E-state index in [1.54, 1.807) is 23.4 Å². The van der Waals surface area contributed by atoms with Gasteiger partial charge in [-0.15, -0.1) is 10.2 Å². The summed E-state index contributed by atoms with van der Waals surface area (Å²) in [6.07, 6.45) is -1.19. The largest absolute Gasteiger partial charge is 0.390 e. The molecule has 0 saturated heterocycles. The number of carbonyl (C=O) groups is 1. The first-order chi connectivity index (χ1) is 19.0. The van der Waals surface area contributed by atoms with Crippen molar-refractivity contribution < 1.29 is 22.4 Å². The van der Waals surface area contributed by atoms with Crippen LogP contribution in [0.25, 0.3) is 0 Å². The van der Waals surface area contributed by atoms with Gasteiger partial charge in [0, 0.05) is 32.9 Å². The molecule has 2 aromatic heterocycles. The maximum absolute atomic E-state index is 15.6. The highest BCUT2D eigenvalue weighted by Crippen LogP contribution is 2.52. The number of alkyl halides is 3. The van der Waals surface area contributed by atoms with E-state index in [-0.39, 0.29) is 12.0 Å². The molecule has 1 amide bonds. The van der Waals surface area contributed by atoms with Crippen molar-refractivity contribution in [2.75, 3.05) is 11.4 Å². The number of primary amides is 1. The fraction of sp³-hybridized carbons (Fsp3) is 0.517. The number of carbonyl (C=O) groups excluding carboxylic acids is 1. The number of aromatic nitrogens is 4. The minimum atomic E-state index is -4.50. The molecule has 2 heterocycles. The Hall–Kier alpha value is -3.70. The number of anilines is 1. The molecular weight excluding hydrogens is 540 g/mol. The summed E-state index contributed by atoms with van der Waals surface area (Å²) in [6.45, 7) is 7.82. The summed E-state index contributed by atoms with van der Waals surface area (Å²) >= 11 is 0. The van der Waals surface area contributed by atoms with E-state index in [0.29, 0.717) is 23.7 Å². The first-order valence-electron chi connectivity index (χ1n) is 13.5. The van der Waals surface area contributed by atoms with Gasteiger partial charge in [-0.05, 0) is 53.5 Å². The van der Waals surface area contributed by atoms with Gasteiger partial charge in [-0.2, -0.15) is 13.2 Å². The zero-order valence-corrected chi connectivity index (χ0v) is 23.9. The summed E-state index contributed by atoms with van der Waals surface area (Å²) in [6, 6.07) is 6.26. The maximum atomic E-state index is 15.6. The molecule has 12 heteroatoms. The van der Waals surface area contributed by atoms with Crippen LogP contribution in [0, 0.1) is 17.2 Å². The highest BCUT2D eigenvalue weighted by Gasteiger charge is 2.48. The van der Waals surface area contributed by atoms with Gasteiger partial charge in [0.1, 0.15) is 23.5 Å². The van der Waals surface area contributed by atoms with E-state index in [9.17, 15) is 22.8 Å². The highest BCUT2D eigenvalue weighted by atomic mass is 19.4. The van der Waals surface area contributed by atoms with Gasteiger partial charge in [0.05, 0.1) is 17.5 Å². The normalized spacial score (nSPS) is 19.2. The molecule has 0 atom stereocenters. The van der Waals surface area contributed by atoms with Gasteiger partial charge in [-0.1, -0.05) is 33.8 Å². The fourth-order valence-corrected chi connectivity index (χ4v) is 5.84. The molecule has 1 fully saturated rings. The lowest BCUT2D eigenvalue weighted by Crippen LogP contribution is -2.43. The average molecular weight is 577 g/mol. The molecule has 8 nitrogen and oxygen atoms in total. The smallest absolute Gasteiger partial charge is 0.365 e. The molecule has 0 aliphatic heterocycles. The van der Waals surface area contributed by atoms with E-state index >= 15 is 4.39 Å². The van der Waals surface area contributed by atoms with Crippen LogP contribution in [0.1, 0.15) is 74.3 Å². The first-order valence-corrected chi connectivity index (χ1v) is 13.5. The number of nitrogens with zero attached hydrogens (tertiary/aromatic N) is 5. The number of pyridine rings is 1. The van der Waals surface area contributed by atoms with Crippen LogP contribution in [0.2, 0.25) is 0 Å². The average Bonchev–Trinajstić information content (AvgIpc) is 3.26. The summed E-state index contributed by atoms with van der Waals surface area (Å²) < 4.78 is 57.1. The minimum absolute atomic E-state index is 0.0254. The molecule has 1 saturated carbocycles. The predicted molar refractivity (Wildman–Crippen MR) is 147 cm³/mol. The molecule has 4 rings (SSSR count). The van der Waals surface area contributed by atoms with E-state index in [4.69, 9.17) is 5.73 Å². The summed E-state index contributed by atoms with van der Waals surface area (Å²) in [7, 11) is 1.88. The quantitative estimate of drug-likeness (QED) is 0.364. The van der Waals surface area contributed by atoms with Gasteiger partial charge in [0.2, 0.25) is 0 Å². The van der Waals surface area contributed by atoms with Crippen molar-refractivity contribution in [3.8, 4) is 0 Å². The second kappa shape index (κ2) is 10.9. The number of rotatable bonds is 9. The molecule has 2 N–H and O–H groups in total. The molecule has 3 aromatic rings. The number of hydrogen-bond donors (Lipinski definition) is 1. The molecule has 1 aliphatic rings. The van der Waals surface area contributed by atoms with Crippen LogP contribution in [0.5, 0.6) is 0 Å². The fourth-order valence-electron chi connectivity index (χ4n) is 5.84. The van der Waals surface area contributed by atoms with Crippen LogP contribution >= 0.6 is 0 Å². The number of benzene rings is 1. The Bertz CT molecular complexity index is 1480. The van der Waals surface area contributed by atoms with E-state index < -0.39 is 47.4 Å². The number of nitrogens with two attached hydrogens (primary N) is 1. The summed E-state index contributed by atoms with van der Waals surface area (Å²) in [4.78, 5) is 26.5. The van der Waals surface area contributed by atoms with Crippen LogP contribution < -0.4 is 16.2 Å². The van der Waals surface area contributed by atoms with Crippen molar-refractivity contribution in [3.05, 3.63) is 75.5 Å². The molecule has 41 heavy (non-hydrogen) atoms. The van der Waals surface area contributed by atoms with Crippen molar-refractivity contribution in [1.29, 1.82) is 0 Å². The van der Waals surface area contributed by atoms with Gasteiger partial charge in [-0.3, -0.25) is 9.59 Å². The number of amides is 1. The zero-order valence-electron chi connectivity index (χ0n) is 23.9. The Kier molecular flexibility index (Phi) is 8.08. The van der Waals surface area contributed by atoms with Gasteiger partial charge in [0.25, 0.3) is 11.5 Å². The highest BCUT2D eigenvalue weighted by molar-refractivity contribution is 5.92. The zero-order chi connectivity index (χ0) is 30.3. The van der Waals surface area contributed by atoms with Crippen LogP contribution in [-0.2, 0) is 25.6 Å². The Labute approximate surface area is 236 Å². The SMILES string of the molecule is CC1CC(c2ccc(F)c(N(Cc3cc(C(N)=O)c(=O)n(CCC(F)(F)F)c3)CC(C)(C)C)c2)(c2nncn2C)C1. The van der Waals surface area contributed by atoms with Gasteiger partial charge >= 0.3 is 6.18 Å². The van der Waals surface area contributed by atoms with Crippen molar-refractivity contribution in [2.45, 2.75) is 71.6 Å². The maximum Gasteiger partial charge on any atom is 0.390 e. The Morgan fingerprint density at radius 1 is 1.20 bits per heavy atom. The third-order valence-corrected chi connectivity index (χ3v) is 7.46. The lowest BCUT2D eigenvalue weighted by atomic mass is 9.58. The standard InChI is InChI=1S/C29H36F4N6O2/c1-18-12-28(13-18,26-36-35-17-37(26)5)20-6-7-22(30)23(11-20)39(16-27(2,3)4)15-19-10-21(24(34)40)25(41)38(14-19)9-8-29(31,32)33/h6-7,10-11,14,17-18H,8-9,12-13,15-16H2,1-5H3,(H2,34,40). The molecule has 0 unspecified atom stereocenters. The molecular formula is C29H36F4N6O2. The third-order valence-electron chi connectivity index (χ3n) is 7.46. The van der Waals surface area contributed by atoms with E-state index in [0.717, 1.165) is 28.8 Å². The van der Waals surface area contributed by atoms with Gasteiger partial charge < -0.3 is 19.8 Å².